The zero-order valence-electron chi connectivity index (χ0n) is 24.4. The van der Waals surface area contributed by atoms with Crippen molar-refractivity contribution in [2.45, 2.75) is 39.7 Å². The van der Waals surface area contributed by atoms with Crippen LogP contribution < -0.4 is 15.5 Å². The zero-order valence-corrected chi connectivity index (χ0v) is 26.1. The summed E-state index contributed by atoms with van der Waals surface area (Å²) in [5.41, 5.74) is 4.65. The Kier molecular flexibility index (Phi) is 8.19. The predicted octanol–water partition coefficient (Wildman–Crippen LogP) is 9.01. The number of para-hydroxylation sites is 3. The summed E-state index contributed by atoms with van der Waals surface area (Å²) in [5.74, 6) is 0.454. The number of nitrogens with one attached hydrogen (secondary N) is 2. The lowest BCUT2D eigenvalue weighted by molar-refractivity contribution is -0.115. The van der Waals surface area contributed by atoms with Crippen LogP contribution in [0, 0.1) is 0 Å². The molecule has 1 aromatic heterocycles. The van der Waals surface area contributed by atoms with E-state index in [1.807, 2.05) is 115 Å². The fourth-order valence-electron chi connectivity index (χ4n) is 5.46. The number of fused-ring (bicyclic) bond motifs is 3. The van der Waals surface area contributed by atoms with Crippen LogP contribution in [-0.4, -0.2) is 33.5 Å². The Balaban J connectivity index is 1.01. The first-order valence-electron chi connectivity index (χ1n) is 14.8. The van der Waals surface area contributed by atoms with E-state index in [1.54, 1.807) is 11.8 Å². The van der Waals surface area contributed by atoms with Crippen LogP contribution in [0.25, 0.3) is 22.6 Å². The highest BCUT2D eigenvalue weighted by molar-refractivity contribution is 8.00. The number of rotatable bonds is 7. The van der Waals surface area contributed by atoms with Gasteiger partial charge in [-0.2, -0.15) is 0 Å². The molecule has 3 atom stereocenters. The average Bonchev–Trinajstić information content (AvgIpc) is 3.51. The predicted molar refractivity (Wildman–Crippen MR) is 184 cm³/mol. The van der Waals surface area contributed by atoms with Gasteiger partial charge in [-0.1, -0.05) is 61.6 Å². The topological polar surface area (TPSA) is 87.5 Å². The van der Waals surface area contributed by atoms with Gasteiger partial charge in [0.15, 0.2) is 5.58 Å². The second-order valence-corrected chi connectivity index (χ2v) is 13.2. The van der Waals surface area contributed by atoms with Crippen molar-refractivity contribution >= 4 is 63.6 Å². The van der Waals surface area contributed by atoms with Crippen molar-refractivity contribution in [1.82, 2.24) is 4.98 Å². The second kappa shape index (κ2) is 12.7. The molecule has 0 bridgehead atoms. The van der Waals surface area contributed by atoms with E-state index in [4.69, 9.17) is 4.42 Å². The van der Waals surface area contributed by atoms with Gasteiger partial charge in [-0.3, -0.25) is 9.69 Å². The van der Waals surface area contributed by atoms with E-state index < -0.39 is 0 Å². The highest BCUT2D eigenvalue weighted by Gasteiger charge is 2.36. The Morgan fingerprint density at radius 1 is 0.911 bits per heavy atom. The van der Waals surface area contributed by atoms with Crippen molar-refractivity contribution < 1.29 is 14.0 Å². The van der Waals surface area contributed by atoms with Gasteiger partial charge in [0.1, 0.15) is 5.52 Å². The SMILES string of the molecule is CCC(Sc1cccc(NC(=O)N2c3ccccc3SC3C=CC=CC32)c1)C(=O)Nc1ccc(-c2nc3ccccc3o2)cc1. The lowest BCUT2D eigenvalue weighted by Gasteiger charge is -2.40. The molecule has 0 saturated carbocycles. The molecule has 1 aliphatic carbocycles. The highest BCUT2D eigenvalue weighted by Crippen LogP contribution is 2.43. The van der Waals surface area contributed by atoms with Crippen LogP contribution in [0.1, 0.15) is 13.3 Å². The molecular formula is C36H30N4O3S2. The number of benzene rings is 4. The molecule has 2 heterocycles. The van der Waals surface area contributed by atoms with Crippen LogP contribution >= 0.6 is 23.5 Å². The summed E-state index contributed by atoms with van der Waals surface area (Å²) in [6, 6.07) is 30.5. The number of allylic oxidation sites excluding steroid dienone is 2. The molecule has 7 rings (SSSR count). The number of hydrogen-bond acceptors (Lipinski definition) is 6. The Bertz CT molecular complexity index is 1900. The standard InChI is InChI=1S/C36H30N4O3S2/c1-2-31(34(41)37-24-20-18-23(19-21-24)35-39-27-12-3-6-15-30(27)43-35)44-26-11-9-10-25(22-26)38-36(42)40-28-13-4-7-16-32(28)45-33-17-8-5-14-29(33)40/h3-22,28,31-32H,2H2,1H3,(H,37,41)(H,38,42). The number of anilines is 3. The summed E-state index contributed by atoms with van der Waals surface area (Å²) in [6.07, 6.45) is 8.89. The summed E-state index contributed by atoms with van der Waals surface area (Å²) in [4.78, 5) is 35.4. The van der Waals surface area contributed by atoms with E-state index in [2.05, 4.69) is 33.8 Å². The molecule has 0 radical (unpaired) electrons. The van der Waals surface area contributed by atoms with Gasteiger partial charge in [-0.25, -0.2) is 9.78 Å². The van der Waals surface area contributed by atoms with E-state index in [0.717, 1.165) is 32.1 Å². The minimum Gasteiger partial charge on any atom is -0.436 e. The molecule has 0 saturated heterocycles. The molecule has 3 unspecified atom stereocenters. The minimum atomic E-state index is -0.321. The van der Waals surface area contributed by atoms with E-state index >= 15 is 0 Å². The van der Waals surface area contributed by atoms with Crippen LogP contribution in [0.3, 0.4) is 0 Å². The van der Waals surface area contributed by atoms with Crippen molar-refractivity contribution in [1.29, 1.82) is 0 Å². The molecule has 224 valence electrons. The molecule has 3 amide bonds. The molecule has 1 aliphatic heterocycles. The third-order valence-electron chi connectivity index (χ3n) is 7.68. The lowest BCUT2D eigenvalue weighted by Crippen LogP contribution is -2.49. The Labute approximate surface area is 269 Å². The first-order chi connectivity index (χ1) is 22.1. The van der Waals surface area contributed by atoms with Crippen LogP contribution in [-0.2, 0) is 4.79 Å². The van der Waals surface area contributed by atoms with E-state index in [-0.39, 0.29) is 28.5 Å². The van der Waals surface area contributed by atoms with Crippen molar-refractivity contribution in [3.63, 3.8) is 0 Å². The number of carbonyl (C=O) groups excluding carboxylic acids is 2. The number of hydrogen-bond donors (Lipinski definition) is 2. The number of carbonyl (C=O) groups is 2. The van der Waals surface area contributed by atoms with Crippen LogP contribution in [0.4, 0.5) is 21.9 Å². The van der Waals surface area contributed by atoms with Gasteiger partial charge in [-0.15, -0.1) is 23.5 Å². The van der Waals surface area contributed by atoms with Gasteiger partial charge in [0, 0.05) is 26.7 Å². The maximum atomic E-state index is 13.7. The first kappa shape index (κ1) is 29.0. The fourth-order valence-corrected chi connectivity index (χ4v) is 7.73. The highest BCUT2D eigenvalue weighted by atomic mass is 32.2. The maximum Gasteiger partial charge on any atom is 0.326 e. The van der Waals surface area contributed by atoms with Gasteiger partial charge in [0.25, 0.3) is 0 Å². The summed E-state index contributed by atoms with van der Waals surface area (Å²) in [7, 11) is 0. The van der Waals surface area contributed by atoms with Crippen molar-refractivity contribution in [2.24, 2.45) is 0 Å². The fraction of sp³-hybridized carbons (Fsp3) is 0.139. The Morgan fingerprint density at radius 3 is 2.56 bits per heavy atom. The number of nitrogens with zero attached hydrogens (tertiary/aromatic N) is 2. The number of thioether (sulfide) groups is 2. The van der Waals surface area contributed by atoms with Crippen LogP contribution in [0.2, 0.25) is 0 Å². The zero-order chi connectivity index (χ0) is 30.8. The van der Waals surface area contributed by atoms with Gasteiger partial charge in [0.2, 0.25) is 11.8 Å². The van der Waals surface area contributed by atoms with E-state index in [9.17, 15) is 9.59 Å². The van der Waals surface area contributed by atoms with Gasteiger partial charge < -0.3 is 15.1 Å². The Hall–Kier alpha value is -4.73. The minimum absolute atomic E-state index is 0.0790. The number of urea groups is 1. The van der Waals surface area contributed by atoms with Crippen LogP contribution in [0.15, 0.2) is 136 Å². The van der Waals surface area contributed by atoms with Crippen molar-refractivity contribution in [3.8, 4) is 11.5 Å². The molecule has 9 heteroatoms. The molecule has 7 nitrogen and oxygen atoms in total. The molecular weight excluding hydrogens is 601 g/mol. The summed E-state index contributed by atoms with van der Waals surface area (Å²) in [5, 5.41) is 5.98. The summed E-state index contributed by atoms with van der Waals surface area (Å²) >= 11 is 3.25. The number of oxazole rings is 1. The second-order valence-electron chi connectivity index (χ2n) is 10.7. The first-order valence-corrected chi connectivity index (χ1v) is 16.6. The lowest BCUT2D eigenvalue weighted by atomic mass is 10.1. The molecule has 2 aliphatic rings. The molecule has 5 aromatic rings. The van der Waals surface area contributed by atoms with E-state index in [0.29, 0.717) is 23.7 Å². The molecule has 45 heavy (non-hydrogen) atoms. The monoisotopic (exact) mass is 630 g/mol. The average molecular weight is 631 g/mol. The summed E-state index contributed by atoms with van der Waals surface area (Å²) < 4.78 is 5.87. The normalized spacial score (nSPS) is 17.4. The maximum absolute atomic E-state index is 13.7. The Morgan fingerprint density at radius 2 is 1.71 bits per heavy atom. The van der Waals surface area contributed by atoms with Gasteiger partial charge in [0.05, 0.1) is 22.2 Å². The molecule has 0 spiro atoms. The van der Waals surface area contributed by atoms with E-state index in [1.165, 1.54) is 11.8 Å². The van der Waals surface area contributed by atoms with Crippen molar-refractivity contribution in [2.75, 3.05) is 15.5 Å². The van der Waals surface area contributed by atoms with Gasteiger partial charge >= 0.3 is 6.03 Å². The van der Waals surface area contributed by atoms with Crippen LogP contribution in [0.5, 0.6) is 0 Å². The largest absolute Gasteiger partial charge is 0.436 e. The molecule has 0 fully saturated rings. The smallest absolute Gasteiger partial charge is 0.326 e. The van der Waals surface area contributed by atoms with Crippen molar-refractivity contribution in [3.05, 3.63) is 121 Å². The number of amides is 3. The molecule has 4 aromatic carbocycles. The third kappa shape index (κ3) is 6.14. The third-order valence-corrected chi connectivity index (χ3v) is 10.3. The summed E-state index contributed by atoms with van der Waals surface area (Å²) in [6.45, 7) is 1.99. The van der Waals surface area contributed by atoms with Gasteiger partial charge in [-0.05, 0) is 73.2 Å². The number of aromatic nitrogens is 1. The quantitative estimate of drug-likeness (QED) is 0.175. The molecule has 2 N–H and O–H groups in total.